The number of rotatable bonds is 5. The number of aliphatic hydroxyl groups is 1. The van der Waals surface area contributed by atoms with E-state index in [2.05, 4.69) is 15.0 Å². The highest BCUT2D eigenvalue weighted by molar-refractivity contribution is 7.91. The number of carbonyl (C=O) groups excluding carboxylic acids is 1. The molecule has 0 spiro atoms. The number of amides is 1. The predicted molar refractivity (Wildman–Crippen MR) is 124 cm³/mol. The van der Waals surface area contributed by atoms with Crippen LogP contribution in [0, 0.1) is 0 Å². The molecule has 5 rings (SSSR count). The summed E-state index contributed by atoms with van der Waals surface area (Å²) in [6.45, 7) is 0.484. The van der Waals surface area contributed by atoms with Gasteiger partial charge >= 0.3 is 0 Å². The Bertz CT molecular complexity index is 1330. The van der Waals surface area contributed by atoms with Gasteiger partial charge in [-0.25, -0.2) is 18.4 Å². The van der Waals surface area contributed by atoms with Gasteiger partial charge in [-0.2, -0.15) is 0 Å². The van der Waals surface area contributed by atoms with E-state index >= 15 is 0 Å². The van der Waals surface area contributed by atoms with Gasteiger partial charge in [-0.15, -0.1) is 0 Å². The molecular formula is C23H26N4O6S. The molecule has 10 nitrogen and oxygen atoms in total. The van der Waals surface area contributed by atoms with Crippen LogP contribution in [-0.4, -0.2) is 67.0 Å². The Hall–Kier alpha value is -2.86. The Balaban J connectivity index is 1.52. The lowest BCUT2D eigenvalue weighted by atomic mass is 9.90. The molecule has 0 radical (unpaired) electrons. The summed E-state index contributed by atoms with van der Waals surface area (Å²) in [5, 5.41) is 9.37. The first-order valence-corrected chi connectivity index (χ1v) is 13.0. The minimum absolute atomic E-state index is 0.122. The number of anilines is 1. The van der Waals surface area contributed by atoms with Crippen LogP contribution >= 0.6 is 0 Å². The van der Waals surface area contributed by atoms with Crippen LogP contribution in [0.25, 0.3) is 11.0 Å². The number of ether oxygens (including phenoxy) is 2. The van der Waals surface area contributed by atoms with Crippen LogP contribution in [0.4, 0.5) is 5.82 Å². The quantitative estimate of drug-likeness (QED) is 0.555. The first-order valence-electron chi connectivity index (χ1n) is 11.1. The van der Waals surface area contributed by atoms with E-state index in [1.807, 2.05) is 12.1 Å². The van der Waals surface area contributed by atoms with Crippen molar-refractivity contribution in [3.8, 4) is 0 Å². The Labute approximate surface area is 196 Å². The second-order valence-electron chi connectivity index (χ2n) is 8.68. The summed E-state index contributed by atoms with van der Waals surface area (Å²) in [6, 6.07) is 8.88. The summed E-state index contributed by atoms with van der Waals surface area (Å²) in [6.07, 6.45) is 2.87. The summed E-state index contributed by atoms with van der Waals surface area (Å²) < 4.78 is 36.1. The summed E-state index contributed by atoms with van der Waals surface area (Å²) in [7, 11) is -3.53. The number of nitrogens with one attached hydrogen (secondary N) is 1. The molecule has 34 heavy (non-hydrogen) atoms. The van der Waals surface area contributed by atoms with Crippen LogP contribution < -0.4 is 4.90 Å². The molecule has 3 aromatic heterocycles. The van der Waals surface area contributed by atoms with Gasteiger partial charge in [0.05, 0.1) is 29.9 Å². The second kappa shape index (κ2) is 8.73. The van der Waals surface area contributed by atoms with E-state index in [1.165, 1.54) is 11.2 Å². The van der Waals surface area contributed by atoms with Crippen LogP contribution in [0.1, 0.15) is 35.9 Å². The second-order valence-corrected chi connectivity index (χ2v) is 11.0. The number of aliphatic hydroxyl groups excluding tert-OH is 1. The molecule has 0 aromatic carbocycles. The lowest BCUT2D eigenvalue weighted by Crippen LogP contribution is -2.47. The third kappa shape index (κ3) is 3.88. The van der Waals surface area contributed by atoms with E-state index in [-0.39, 0.29) is 25.7 Å². The third-order valence-electron chi connectivity index (χ3n) is 6.65. The zero-order valence-electron chi connectivity index (χ0n) is 18.7. The zero-order valence-corrected chi connectivity index (χ0v) is 19.5. The molecule has 2 aliphatic rings. The molecule has 5 heterocycles. The molecule has 2 aliphatic heterocycles. The maximum absolute atomic E-state index is 13.0. The highest BCUT2D eigenvalue weighted by Gasteiger charge is 2.47. The first kappa shape index (κ1) is 22.9. The number of nitrogens with zero attached hydrogens (tertiary/aromatic N) is 3. The fourth-order valence-corrected chi connectivity index (χ4v) is 6.27. The average molecular weight is 487 g/mol. The molecular weight excluding hydrogens is 460 g/mol. The SMILES string of the molecule is CS(=O)(=O)C1(c2cccnc2N2CC(c3ccc4[nH]c(CO)cc4n3)OCC2=O)CCOCC1. The Morgan fingerprint density at radius 1 is 1.26 bits per heavy atom. The van der Waals surface area contributed by atoms with Crippen molar-refractivity contribution < 1.29 is 27.8 Å². The van der Waals surface area contributed by atoms with Crippen LogP contribution in [0.15, 0.2) is 36.5 Å². The number of aromatic nitrogens is 3. The number of carbonyl (C=O) groups is 1. The number of pyridine rings is 2. The van der Waals surface area contributed by atoms with Crippen molar-refractivity contribution in [1.29, 1.82) is 0 Å². The number of hydrogen-bond acceptors (Lipinski definition) is 8. The predicted octanol–water partition coefficient (Wildman–Crippen LogP) is 1.60. The molecule has 2 saturated heterocycles. The molecule has 1 amide bonds. The smallest absolute Gasteiger partial charge is 0.254 e. The molecule has 11 heteroatoms. The molecule has 1 atom stereocenters. The Morgan fingerprint density at radius 2 is 2.06 bits per heavy atom. The maximum atomic E-state index is 13.0. The summed E-state index contributed by atoms with van der Waals surface area (Å²) in [4.78, 5) is 26.7. The molecule has 3 aromatic rings. The third-order valence-corrected chi connectivity index (χ3v) is 8.70. The number of morpholine rings is 1. The number of hydrogen-bond donors (Lipinski definition) is 2. The van der Waals surface area contributed by atoms with Gasteiger partial charge in [-0.3, -0.25) is 9.69 Å². The van der Waals surface area contributed by atoms with Crippen LogP contribution in [0.5, 0.6) is 0 Å². The summed E-state index contributed by atoms with van der Waals surface area (Å²) in [5.41, 5.74) is 3.27. The summed E-state index contributed by atoms with van der Waals surface area (Å²) in [5.74, 6) is 0.0376. The number of H-pyrrole nitrogens is 1. The van der Waals surface area contributed by atoms with Gasteiger partial charge in [0.1, 0.15) is 23.3 Å². The number of aromatic amines is 1. The van der Waals surface area contributed by atoms with Crippen molar-refractivity contribution in [3.63, 3.8) is 0 Å². The molecule has 0 bridgehead atoms. The molecule has 0 saturated carbocycles. The van der Waals surface area contributed by atoms with Crippen molar-refractivity contribution in [2.45, 2.75) is 30.3 Å². The van der Waals surface area contributed by atoms with E-state index in [9.17, 15) is 18.3 Å². The first-order chi connectivity index (χ1) is 16.3. The molecule has 0 aliphatic carbocycles. The fraction of sp³-hybridized carbons (Fsp3) is 0.435. The minimum Gasteiger partial charge on any atom is -0.390 e. The fourth-order valence-electron chi connectivity index (χ4n) is 4.81. The van der Waals surface area contributed by atoms with Crippen LogP contribution in [-0.2, 0) is 35.5 Å². The van der Waals surface area contributed by atoms with Gasteiger partial charge in [-0.1, -0.05) is 6.07 Å². The van der Waals surface area contributed by atoms with Crippen molar-refractivity contribution in [1.82, 2.24) is 15.0 Å². The Kier molecular flexibility index (Phi) is 5.88. The largest absolute Gasteiger partial charge is 0.390 e. The van der Waals surface area contributed by atoms with E-state index in [1.54, 1.807) is 24.4 Å². The topological polar surface area (TPSA) is 135 Å². The average Bonchev–Trinajstić information content (AvgIpc) is 3.27. The van der Waals surface area contributed by atoms with Crippen molar-refractivity contribution in [2.75, 3.05) is 37.5 Å². The highest BCUT2D eigenvalue weighted by Crippen LogP contribution is 2.44. The van der Waals surface area contributed by atoms with Crippen LogP contribution in [0.2, 0.25) is 0 Å². The van der Waals surface area contributed by atoms with E-state index in [0.29, 0.717) is 54.3 Å². The molecule has 180 valence electrons. The monoisotopic (exact) mass is 486 g/mol. The van der Waals surface area contributed by atoms with Crippen LogP contribution in [0.3, 0.4) is 0 Å². The van der Waals surface area contributed by atoms with Crippen molar-refractivity contribution in [2.24, 2.45) is 0 Å². The standard InChI is InChI=1S/C23H26N4O6S/c1-34(30,31)23(6-9-32-10-7-23)16-3-2-8-24-22(16)27-12-20(33-14-21(27)29)18-5-4-17-19(26-18)11-15(13-28)25-17/h2-5,8,11,20,25,28H,6-7,9-10,12-14H2,1H3. The van der Waals surface area contributed by atoms with Crippen molar-refractivity contribution in [3.05, 3.63) is 53.5 Å². The Morgan fingerprint density at radius 3 is 2.79 bits per heavy atom. The van der Waals surface area contributed by atoms with Gasteiger partial charge in [0.25, 0.3) is 5.91 Å². The zero-order chi connectivity index (χ0) is 23.9. The number of sulfone groups is 1. The lowest BCUT2D eigenvalue weighted by molar-refractivity contribution is -0.129. The van der Waals surface area contributed by atoms with Gasteiger partial charge in [0.15, 0.2) is 9.84 Å². The van der Waals surface area contributed by atoms with Gasteiger partial charge in [0, 0.05) is 36.9 Å². The molecule has 2 fully saturated rings. The lowest BCUT2D eigenvalue weighted by Gasteiger charge is -2.39. The molecule has 1 unspecified atom stereocenters. The normalized spacial score (nSPS) is 21.2. The van der Waals surface area contributed by atoms with E-state index < -0.39 is 20.7 Å². The van der Waals surface area contributed by atoms with Gasteiger partial charge < -0.3 is 19.6 Å². The maximum Gasteiger partial charge on any atom is 0.254 e. The van der Waals surface area contributed by atoms with Gasteiger partial charge in [-0.05, 0) is 37.1 Å². The van der Waals surface area contributed by atoms with Crippen molar-refractivity contribution >= 4 is 32.6 Å². The van der Waals surface area contributed by atoms with E-state index in [4.69, 9.17) is 9.47 Å². The highest BCUT2D eigenvalue weighted by atomic mass is 32.2. The van der Waals surface area contributed by atoms with E-state index in [0.717, 1.165) is 5.52 Å². The minimum atomic E-state index is -3.53. The summed E-state index contributed by atoms with van der Waals surface area (Å²) >= 11 is 0. The number of fused-ring (bicyclic) bond motifs is 1. The van der Waals surface area contributed by atoms with Gasteiger partial charge in [0.2, 0.25) is 0 Å². The molecule has 2 N–H and O–H groups in total.